The van der Waals surface area contributed by atoms with Crippen molar-refractivity contribution in [2.75, 3.05) is 12.4 Å². The van der Waals surface area contributed by atoms with Crippen LogP contribution in [0.1, 0.15) is 12.8 Å². The van der Waals surface area contributed by atoms with E-state index in [4.69, 9.17) is 4.74 Å². The van der Waals surface area contributed by atoms with Crippen LogP contribution in [0.2, 0.25) is 0 Å². The first kappa shape index (κ1) is 11.3. The predicted octanol–water partition coefficient (Wildman–Crippen LogP) is -0.298. The van der Waals surface area contributed by atoms with E-state index in [9.17, 15) is 9.59 Å². The molecule has 2 amide bonds. The Morgan fingerprint density at radius 3 is 2.71 bits per heavy atom. The maximum absolute atomic E-state index is 11.5. The fourth-order valence-corrected chi connectivity index (χ4v) is 1.48. The van der Waals surface area contributed by atoms with Gasteiger partial charge >= 0.3 is 0 Å². The Labute approximate surface area is 97.6 Å². The molecule has 1 saturated heterocycles. The molecule has 17 heavy (non-hydrogen) atoms. The molecule has 1 aromatic rings. The largest absolute Gasteiger partial charge is 0.494 e. The van der Waals surface area contributed by atoms with Gasteiger partial charge in [-0.2, -0.15) is 0 Å². The van der Waals surface area contributed by atoms with Gasteiger partial charge in [0.15, 0.2) is 5.75 Å². The zero-order chi connectivity index (χ0) is 12.3. The minimum atomic E-state index is -0.471. The average molecular weight is 236 g/mol. The third-order valence-electron chi connectivity index (χ3n) is 2.41. The number of nitrogens with zero attached hydrogens (tertiary/aromatic N) is 2. The van der Waals surface area contributed by atoms with Gasteiger partial charge in [-0.25, -0.2) is 9.97 Å². The van der Waals surface area contributed by atoms with Gasteiger partial charge < -0.3 is 10.1 Å². The van der Waals surface area contributed by atoms with Crippen LogP contribution in [0.25, 0.3) is 0 Å². The molecule has 2 heterocycles. The molecule has 0 bridgehead atoms. The summed E-state index contributed by atoms with van der Waals surface area (Å²) in [4.78, 5) is 30.4. The average Bonchev–Trinajstić information content (AvgIpc) is 2.34. The molecule has 1 unspecified atom stereocenters. The van der Waals surface area contributed by atoms with Crippen LogP contribution < -0.4 is 15.4 Å². The smallest absolute Gasteiger partial charge is 0.249 e. The first-order chi connectivity index (χ1) is 8.19. The highest BCUT2D eigenvalue weighted by atomic mass is 16.5. The fraction of sp³-hybridized carbons (Fsp3) is 0.400. The number of hydrogen-bond acceptors (Lipinski definition) is 6. The third-order valence-corrected chi connectivity index (χ3v) is 2.41. The van der Waals surface area contributed by atoms with Crippen molar-refractivity contribution in [3.8, 4) is 5.75 Å². The number of ether oxygens (including phenoxy) is 1. The van der Waals surface area contributed by atoms with Crippen molar-refractivity contribution >= 4 is 17.8 Å². The molecule has 1 fully saturated rings. The minimum absolute atomic E-state index is 0.247. The van der Waals surface area contributed by atoms with Gasteiger partial charge in [-0.05, 0) is 6.42 Å². The molecule has 1 aliphatic rings. The number of rotatable bonds is 3. The van der Waals surface area contributed by atoms with Gasteiger partial charge in [0, 0.05) is 6.42 Å². The Hall–Kier alpha value is -2.18. The molecule has 2 rings (SSSR count). The lowest BCUT2D eigenvalue weighted by molar-refractivity contribution is -0.133. The summed E-state index contributed by atoms with van der Waals surface area (Å²) in [5.41, 5.74) is 0. The normalized spacial score (nSPS) is 19.7. The number of piperidine rings is 1. The highest BCUT2D eigenvalue weighted by molar-refractivity contribution is 6.01. The van der Waals surface area contributed by atoms with Crippen molar-refractivity contribution in [3.63, 3.8) is 0 Å². The quantitative estimate of drug-likeness (QED) is 0.700. The number of hydrogen-bond donors (Lipinski definition) is 2. The summed E-state index contributed by atoms with van der Waals surface area (Å²) >= 11 is 0. The van der Waals surface area contributed by atoms with Crippen LogP contribution in [0.3, 0.4) is 0 Å². The van der Waals surface area contributed by atoms with Crippen LogP contribution in [0, 0.1) is 0 Å². The van der Waals surface area contributed by atoms with Gasteiger partial charge in [-0.1, -0.05) is 0 Å². The topological polar surface area (TPSA) is 93.2 Å². The number of aromatic nitrogens is 2. The molecule has 0 radical (unpaired) electrons. The molecule has 7 nitrogen and oxygen atoms in total. The number of carbonyl (C=O) groups is 2. The van der Waals surface area contributed by atoms with Crippen molar-refractivity contribution < 1.29 is 14.3 Å². The number of nitrogens with one attached hydrogen (secondary N) is 2. The van der Waals surface area contributed by atoms with Gasteiger partial charge in [0.2, 0.25) is 17.8 Å². The molecule has 0 spiro atoms. The highest BCUT2D eigenvalue weighted by Crippen LogP contribution is 2.12. The van der Waals surface area contributed by atoms with E-state index in [1.165, 1.54) is 19.5 Å². The number of anilines is 1. The maximum Gasteiger partial charge on any atom is 0.249 e. The Bertz CT molecular complexity index is 432. The van der Waals surface area contributed by atoms with E-state index in [1.807, 2.05) is 0 Å². The molecule has 1 atom stereocenters. The van der Waals surface area contributed by atoms with Gasteiger partial charge in [-0.15, -0.1) is 0 Å². The molecule has 7 heteroatoms. The van der Waals surface area contributed by atoms with E-state index in [2.05, 4.69) is 20.6 Å². The number of carbonyl (C=O) groups excluding carboxylic acids is 2. The molecule has 90 valence electrons. The lowest BCUT2D eigenvalue weighted by Gasteiger charge is -2.21. The zero-order valence-electron chi connectivity index (χ0n) is 9.27. The number of imide groups is 1. The molecular formula is C10H12N4O3. The molecule has 1 aliphatic heterocycles. The monoisotopic (exact) mass is 236 g/mol. The second kappa shape index (κ2) is 4.77. The van der Waals surface area contributed by atoms with Crippen molar-refractivity contribution in [2.45, 2.75) is 18.9 Å². The van der Waals surface area contributed by atoms with Crippen molar-refractivity contribution in [3.05, 3.63) is 12.4 Å². The second-order valence-electron chi connectivity index (χ2n) is 3.59. The molecule has 1 aromatic heterocycles. The zero-order valence-corrected chi connectivity index (χ0v) is 9.27. The van der Waals surface area contributed by atoms with Crippen molar-refractivity contribution in [1.82, 2.24) is 15.3 Å². The SMILES string of the molecule is COc1cnc(NC2CCC(=O)NC2=O)nc1. The highest BCUT2D eigenvalue weighted by Gasteiger charge is 2.26. The van der Waals surface area contributed by atoms with E-state index in [0.717, 1.165) is 0 Å². The Kier molecular flexibility index (Phi) is 3.17. The summed E-state index contributed by atoms with van der Waals surface area (Å²) < 4.78 is 4.92. The maximum atomic E-state index is 11.5. The summed E-state index contributed by atoms with van der Waals surface area (Å²) in [7, 11) is 1.52. The van der Waals surface area contributed by atoms with Gasteiger partial charge in [0.05, 0.1) is 19.5 Å². The van der Waals surface area contributed by atoms with Crippen LogP contribution in [0.15, 0.2) is 12.4 Å². The van der Waals surface area contributed by atoms with Crippen LogP contribution in [0.5, 0.6) is 5.75 Å². The van der Waals surface area contributed by atoms with Crippen molar-refractivity contribution in [1.29, 1.82) is 0 Å². The summed E-state index contributed by atoms with van der Waals surface area (Å²) in [6.45, 7) is 0. The van der Waals surface area contributed by atoms with Crippen LogP contribution in [-0.4, -0.2) is 34.9 Å². The standard InChI is InChI=1S/C10H12N4O3/c1-17-6-4-11-10(12-5-6)13-7-2-3-8(15)14-9(7)16/h4-5,7H,2-3H2,1H3,(H,11,12,13)(H,14,15,16). The number of methoxy groups -OCH3 is 1. The molecular weight excluding hydrogens is 224 g/mol. The predicted molar refractivity (Wildman–Crippen MR) is 58.4 cm³/mol. The first-order valence-electron chi connectivity index (χ1n) is 5.15. The van der Waals surface area contributed by atoms with Crippen LogP contribution in [0.4, 0.5) is 5.95 Å². The van der Waals surface area contributed by atoms with E-state index < -0.39 is 6.04 Å². The first-order valence-corrected chi connectivity index (χ1v) is 5.15. The lowest BCUT2D eigenvalue weighted by Crippen LogP contribution is -2.47. The van der Waals surface area contributed by atoms with E-state index in [1.54, 1.807) is 0 Å². The number of amides is 2. The Morgan fingerprint density at radius 2 is 2.12 bits per heavy atom. The van der Waals surface area contributed by atoms with Crippen LogP contribution >= 0.6 is 0 Å². The summed E-state index contributed by atoms with van der Waals surface area (Å²) in [6.07, 6.45) is 3.77. The van der Waals surface area contributed by atoms with E-state index in [-0.39, 0.29) is 11.8 Å². The summed E-state index contributed by atoms with van der Waals surface area (Å²) in [6, 6.07) is -0.471. The summed E-state index contributed by atoms with van der Waals surface area (Å²) in [5, 5.41) is 5.11. The van der Waals surface area contributed by atoms with Gasteiger partial charge in [0.1, 0.15) is 6.04 Å². The van der Waals surface area contributed by atoms with E-state index >= 15 is 0 Å². The molecule has 0 aliphatic carbocycles. The van der Waals surface area contributed by atoms with E-state index in [0.29, 0.717) is 24.5 Å². The molecule has 0 aromatic carbocycles. The molecule has 0 saturated carbocycles. The Balaban J connectivity index is 2.00. The minimum Gasteiger partial charge on any atom is -0.494 e. The third kappa shape index (κ3) is 2.68. The fourth-order valence-electron chi connectivity index (χ4n) is 1.48. The molecule has 2 N–H and O–H groups in total. The van der Waals surface area contributed by atoms with Crippen LogP contribution in [-0.2, 0) is 9.59 Å². The Morgan fingerprint density at radius 1 is 1.41 bits per heavy atom. The second-order valence-corrected chi connectivity index (χ2v) is 3.59. The van der Waals surface area contributed by atoms with Crippen molar-refractivity contribution in [2.24, 2.45) is 0 Å². The van der Waals surface area contributed by atoms with Gasteiger partial charge in [-0.3, -0.25) is 14.9 Å². The summed E-state index contributed by atoms with van der Waals surface area (Å²) in [5.74, 6) is 0.281. The lowest BCUT2D eigenvalue weighted by atomic mass is 10.1. The van der Waals surface area contributed by atoms with Gasteiger partial charge in [0.25, 0.3) is 0 Å².